The second kappa shape index (κ2) is 9.24. The van der Waals surface area contributed by atoms with Crippen molar-refractivity contribution in [3.8, 4) is 0 Å². The summed E-state index contributed by atoms with van der Waals surface area (Å²) in [5.41, 5.74) is 5.06. The molecule has 0 bridgehead atoms. The van der Waals surface area contributed by atoms with Crippen LogP contribution >= 0.6 is 0 Å². The highest BCUT2D eigenvalue weighted by Gasteiger charge is 2.18. The van der Waals surface area contributed by atoms with Crippen molar-refractivity contribution in [3.05, 3.63) is 64.7 Å². The van der Waals surface area contributed by atoms with Gasteiger partial charge in [0.25, 0.3) is 0 Å². The van der Waals surface area contributed by atoms with Crippen LogP contribution in [0.15, 0.2) is 42.5 Å². The van der Waals surface area contributed by atoms with Gasteiger partial charge in [0.05, 0.1) is 18.0 Å². The number of carbonyl (C=O) groups is 1. The van der Waals surface area contributed by atoms with E-state index < -0.39 is 10.0 Å². The van der Waals surface area contributed by atoms with Gasteiger partial charge < -0.3 is 5.32 Å². The summed E-state index contributed by atoms with van der Waals surface area (Å²) in [6, 6.07) is 13.5. The van der Waals surface area contributed by atoms with Crippen molar-refractivity contribution in [2.24, 2.45) is 0 Å². The fraction of sp³-hybridized carbons (Fsp3) is 0.409. The largest absolute Gasteiger partial charge is 0.350 e. The van der Waals surface area contributed by atoms with E-state index in [1.807, 2.05) is 58.0 Å². The second-order valence-electron chi connectivity index (χ2n) is 7.43. The maximum Gasteiger partial charge on any atom is 0.232 e. The molecule has 5 nitrogen and oxygen atoms in total. The van der Waals surface area contributed by atoms with Gasteiger partial charge >= 0.3 is 0 Å². The van der Waals surface area contributed by atoms with Crippen molar-refractivity contribution in [1.82, 2.24) is 5.32 Å². The SMILES string of the molecule is Cc1cccc(N(CCCC(=O)NC(C)c2ccc(C)cc2C)S(C)(=O)=O)c1. The van der Waals surface area contributed by atoms with Crippen molar-refractivity contribution in [2.45, 2.75) is 46.6 Å². The van der Waals surface area contributed by atoms with E-state index in [1.165, 1.54) is 16.1 Å². The van der Waals surface area contributed by atoms with E-state index in [0.717, 1.165) is 16.7 Å². The third-order valence-electron chi connectivity index (χ3n) is 4.72. The zero-order chi connectivity index (χ0) is 20.9. The molecule has 0 radical (unpaired) electrons. The van der Waals surface area contributed by atoms with E-state index in [2.05, 4.69) is 11.4 Å². The Morgan fingerprint density at radius 1 is 1.07 bits per heavy atom. The van der Waals surface area contributed by atoms with E-state index >= 15 is 0 Å². The van der Waals surface area contributed by atoms with Crippen LogP contribution in [0.4, 0.5) is 5.69 Å². The Morgan fingerprint density at radius 2 is 1.75 bits per heavy atom. The summed E-state index contributed by atoms with van der Waals surface area (Å²) in [7, 11) is -3.41. The molecule has 28 heavy (non-hydrogen) atoms. The van der Waals surface area contributed by atoms with E-state index in [0.29, 0.717) is 12.1 Å². The molecule has 0 aliphatic carbocycles. The number of nitrogens with zero attached hydrogens (tertiary/aromatic N) is 1. The van der Waals surface area contributed by atoms with Crippen LogP contribution in [0.25, 0.3) is 0 Å². The van der Waals surface area contributed by atoms with Crippen LogP contribution < -0.4 is 9.62 Å². The summed E-state index contributed by atoms with van der Waals surface area (Å²) >= 11 is 0. The molecule has 0 heterocycles. The van der Waals surface area contributed by atoms with Gasteiger partial charge in [-0.1, -0.05) is 35.9 Å². The summed E-state index contributed by atoms with van der Waals surface area (Å²) in [6.45, 7) is 8.24. The highest BCUT2D eigenvalue weighted by molar-refractivity contribution is 7.92. The average molecular weight is 403 g/mol. The van der Waals surface area contributed by atoms with Crippen LogP contribution in [0.2, 0.25) is 0 Å². The molecule has 1 amide bonds. The molecule has 1 unspecified atom stereocenters. The molecule has 0 aliphatic rings. The number of hydrogen-bond acceptors (Lipinski definition) is 3. The first-order valence-corrected chi connectivity index (χ1v) is 11.3. The van der Waals surface area contributed by atoms with Gasteiger partial charge in [0, 0.05) is 13.0 Å². The number of carbonyl (C=O) groups excluding carboxylic acids is 1. The molecular weight excluding hydrogens is 372 g/mol. The van der Waals surface area contributed by atoms with Crippen LogP contribution in [0.3, 0.4) is 0 Å². The molecule has 0 spiro atoms. The molecular formula is C22H30N2O3S. The van der Waals surface area contributed by atoms with Gasteiger partial charge in [0.2, 0.25) is 15.9 Å². The lowest BCUT2D eigenvalue weighted by Crippen LogP contribution is -2.32. The zero-order valence-corrected chi connectivity index (χ0v) is 18.1. The number of benzene rings is 2. The Morgan fingerprint density at radius 3 is 2.36 bits per heavy atom. The first-order valence-electron chi connectivity index (χ1n) is 9.49. The first kappa shape index (κ1) is 22.0. The predicted molar refractivity (Wildman–Crippen MR) is 115 cm³/mol. The lowest BCUT2D eigenvalue weighted by molar-refractivity contribution is -0.121. The third kappa shape index (κ3) is 6.09. The fourth-order valence-electron chi connectivity index (χ4n) is 3.36. The highest BCUT2D eigenvalue weighted by Crippen LogP contribution is 2.21. The lowest BCUT2D eigenvalue weighted by Gasteiger charge is -2.23. The van der Waals surface area contributed by atoms with Crippen LogP contribution in [-0.4, -0.2) is 27.1 Å². The standard InChI is InChI=1S/C22H30N2O3S/c1-16-8-6-9-20(15-16)24(28(5,26)27)13-7-10-22(25)23-19(4)21-12-11-17(2)14-18(21)3/h6,8-9,11-12,14-15,19H,7,10,13H2,1-5H3,(H,23,25). The Labute approximate surface area is 168 Å². The molecule has 0 fully saturated rings. The number of sulfonamides is 1. The van der Waals surface area contributed by atoms with Crippen molar-refractivity contribution in [3.63, 3.8) is 0 Å². The summed E-state index contributed by atoms with van der Waals surface area (Å²) < 4.78 is 25.7. The number of rotatable bonds is 8. The molecule has 1 atom stereocenters. The minimum atomic E-state index is -3.41. The smallest absolute Gasteiger partial charge is 0.232 e. The molecule has 2 aromatic rings. The van der Waals surface area contributed by atoms with Gasteiger partial charge in [0.15, 0.2) is 0 Å². The van der Waals surface area contributed by atoms with Gasteiger partial charge in [-0.15, -0.1) is 0 Å². The number of nitrogens with one attached hydrogen (secondary N) is 1. The number of anilines is 1. The summed E-state index contributed by atoms with van der Waals surface area (Å²) in [4.78, 5) is 12.3. The summed E-state index contributed by atoms with van der Waals surface area (Å²) in [5.74, 6) is -0.0785. The maximum absolute atomic E-state index is 12.3. The van der Waals surface area contributed by atoms with Crippen LogP contribution in [-0.2, 0) is 14.8 Å². The van der Waals surface area contributed by atoms with E-state index in [4.69, 9.17) is 0 Å². The Bertz CT molecular complexity index is 939. The van der Waals surface area contributed by atoms with Crippen LogP contribution in [0, 0.1) is 20.8 Å². The third-order valence-corrected chi connectivity index (χ3v) is 5.92. The monoisotopic (exact) mass is 402 g/mol. The van der Waals surface area contributed by atoms with Gasteiger partial charge in [-0.2, -0.15) is 0 Å². The average Bonchev–Trinajstić information content (AvgIpc) is 2.57. The predicted octanol–water partition coefficient (Wildman–Crippen LogP) is 4.04. The normalized spacial score (nSPS) is 12.5. The Kier molecular flexibility index (Phi) is 7.24. The second-order valence-corrected chi connectivity index (χ2v) is 9.33. The molecule has 0 saturated heterocycles. The van der Waals surface area contributed by atoms with Gasteiger partial charge in [-0.3, -0.25) is 9.10 Å². The Balaban J connectivity index is 1.95. The molecule has 0 aromatic heterocycles. The molecule has 152 valence electrons. The topological polar surface area (TPSA) is 66.5 Å². The quantitative estimate of drug-likeness (QED) is 0.725. The molecule has 1 N–H and O–H groups in total. The minimum absolute atomic E-state index is 0.0785. The number of hydrogen-bond donors (Lipinski definition) is 1. The lowest BCUT2D eigenvalue weighted by atomic mass is 10.00. The summed E-state index contributed by atoms with van der Waals surface area (Å²) in [5, 5.41) is 3.01. The molecule has 0 saturated carbocycles. The van der Waals surface area contributed by atoms with Crippen LogP contribution in [0.1, 0.15) is 48.1 Å². The summed E-state index contributed by atoms with van der Waals surface area (Å²) in [6.07, 6.45) is 1.91. The van der Waals surface area contributed by atoms with Crippen molar-refractivity contribution in [1.29, 1.82) is 0 Å². The first-order chi connectivity index (χ1) is 13.1. The molecule has 2 aromatic carbocycles. The van der Waals surface area contributed by atoms with Crippen molar-refractivity contribution in [2.75, 3.05) is 17.1 Å². The number of aryl methyl sites for hydroxylation is 3. The molecule has 6 heteroatoms. The van der Waals surface area contributed by atoms with Gasteiger partial charge in [-0.25, -0.2) is 8.42 Å². The number of amides is 1. The van der Waals surface area contributed by atoms with Crippen molar-refractivity contribution < 1.29 is 13.2 Å². The maximum atomic E-state index is 12.3. The van der Waals surface area contributed by atoms with E-state index in [-0.39, 0.29) is 24.9 Å². The van der Waals surface area contributed by atoms with Gasteiger partial charge in [0.1, 0.15) is 0 Å². The fourth-order valence-corrected chi connectivity index (χ4v) is 4.31. The molecule has 0 aliphatic heterocycles. The highest BCUT2D eigenvalue weighted by atomic mass is 32.2. The zero-order valence-electron chi connectivity index (χ0n) is 17.3. The minimum Gasteiger partial charge on any atom is -0.350 e. The van der Waals surface area contributed by atoms with E-state index in [1.54, 1.807) is 6.07 Å². The molecule has 2 rings (SSSR count). The van der Waals surface area contributed by atoms with Crippen molar-refractivity contribution >= 4 is 21.6 Å². The van der Waals surface area contributed by atoms with E-state index in [9.17, 15) is 13.2 Å². The van der Waals surface area contributed by atoms with Crippen LogP contribution in [0.5, 0.6) is 0 Å². The Hall–Kier alpha value is -2.34. The van der Waals surface area contributed by atoms with Gasteiger partial charge in [-0.05, 0) is 62.9 Å².